The van der Waals surface area contributed by atoms with Gasteiger partial charge in [0.05, 0.1) is 11.8 Å². The summed E-state index contributed by atoms with van der Waals surface area (Å²) in [7, 11) is 1.69. The molecule has 3 aromatic heterocycles. The monoisotopic (exact) mass is 381 g/mol. The number of aryl methyl sites for hydroxylation is 1. The summed E-state index contributed by atoms with van der Waals surface area (Å²) in [5.41, 5.74) is 2.98. The van der Waals surface area contributed by atoms with Crippen LogP contribution in [0.4, 0.5) is 10.9 Å². The van der Waals surface area contributed by atoms with Crippen LogP contribution in [0.3, 0.4) is 0 Å². The second kappa shape index (κ2) is 6.34. The molecule has 0 saturated carbocycles. The summed E-state index contributed by atoms with van der Waals surface area (Å²) in [4.78, 5) is 14.0. The van der Waals surface area contributed by atoms with E-state index in [-0.39, 0.29) is 0 Å². The SMILES string of the molecule is COc1ccc(C)c2sc(N3CCN(c4nccn5cnnc45)CC3)nc12. The van der Waals surface area contributed by atoms with Crippen LogP contribution < -0.4 is 14.5 Å². The summed E-state index contributed by atoms with van der Waals surface area (Å²) in [5, 5.41) is 9.23. The molecule has 0 N–H and O–H groups in total. The Morgan fingerprint density at radius 1 is 1.11 bits per heavy atom. The highest BCUT2D eigenvalue weighted by Crippen LogP contribution is 2.36. The molecule has 0 amide bonds. The Kier molecular flexibility index (Phi) is 3.82. The number of hydrogen-bond acceptors (Lipinski definition) is 8. The smallest absolute Gasteiger partial charge is 0.203 e. The molecule has 0 unspecified atom stereocenters. The molecule has 9 heteroatoms. The first-order chi connectivity index (χ1) is 13.2. The van der Waals surface area contributed by atoms with Gasteiger partial charge in [0.1, 0.15) is 17.6 Å². The quantitative estimate of drug-likeness (QED) is 0.539. The molecule has 1 saturated heterocycles. The number of thiazole rings is 1. The van der Waals surface area contributed by atoms with Crippen LogP contribution in [0.25, 0.3) is 15.9 Å². The third-order valence-corrected chi connectivity index (χ3v) is 6.21. The lowest BCUT2D eigenvalue weighted by molar-refractivity contribution is 0.419. The van der Waals surface area contributed by atoms with Crippen molar-refractivity contribution >= 4 is 38.2 Å². The van der Waals surface area contributed by atoms with Crippen molar-refractivity contribution in [1.29, 1.82) is 0 Å². The zero-order valence-corrected chi connectivity index (χ0v) is 16.0. The van der Waals surface area contributed by atoms with Crippen molar-refractivity contribution in [2.45, 2.75) is 6.92 Å². The standard InChI is InChI=1S/C18H19N7OS/c1-12-3-4-13(26-2)14-15(12)27-18(21-14)24-9-7-23(8-10-24)16-17-22-20-11-25(17)6-5-19-16/h3-6,11H,7-10H2,1-2H3. The maximum Gasteiger partial charge on any atom is 0.203 e. The van der Waals surface area contributed by atoms with Gasteiger partial charge in [0, 0.05) is 38.6 Å². The molecule has 0 spiro atoms. The van der Waals surface area contributed by atoms with Gasteiger partial charge in [-0.3, -0.25) is 4.40 Å². The summed E-state index contributed by atoms with van der Waals surface area (Å²) < 4.78 is 8.58. The van der Waals surface area contributed by atoms with Crippen molar-refractivity contribution < 1.29 is 4.74 Å². The first kappa shape index (κ1) is 16.2. The van der Waals surface area contributed by atoms with Crippen LogP contribution in [-0.4, -0.2) is 57.9 Å². The summed E-state index contributed by atoms with van der Waals surface area (Å²) in [6.07, 6.45) is 5.36. The molecule has 4 aromatic rings. The molecule has 5 rings (SSSR count). The van der Waals surface area contributed by atoms with E-state index in [1.54, 1.807) is 31.0 Å². The predicted molar refractivity (Wildman–Crippen MR) is 106 cm³/mol. The minimum absolute atomic E-state index is 0.797. The Bertz CT molecular complexity index is 1110. The summed E-state index contributed by atoms with van der Waals surface area (Å²) >= 11 is 1.74. The average molecular weight is 381 g/mol. The average Bonchev–Trinajstić information content (AvgIpc) is 3.36. The Labute approximate surface area is 160 Å². The lowest BCUT2D eigenvalue weighted by atomic mass is 10.2. The molecule has 1 aliphatic rings. The van der Waals surface area contributed by atoms with Crippen molar-refractivity contribution in [2.75, 3.05) is 43.1 Å². The number of anilines is 2. The van der Waals surface area contributed by atoms with Crippen LogP contribution in [0.5, 0.6) is 5.75 Å². The largest absolute Gasteiger partial charge is 0.494 e. The van der Waals surface area contributed by atoms with E-state index in [1.165, 1.54) is 10.3 Å². The molecule has 0 radical (unpaired) electrons. The molecule has 1 fully saturated rings. The van der Waals surface area contributed by atoms with E-state index in [0.29, 0.717) is 0 Å². The fourth-order valence-electron chi connectivity index (χ4n) is 3.48. The van der Waals surface area contributed by atoms with Crippen LogP contribution in [0.2, 0.25) is 0 Å². The number of hydrogen-bond donors (Lipinski definition) is 0. The van der Waals surface area contributed by atoms with Gasteiger partial charge in [-0.15, -0.1) is 10.2 Å². The minimum Gasteiger partial charge on any atom is -0.494 e. The minimum atomic E-state index is 0.797. The Morgan fingerprint density at radius 2 is 1.93 bits per heavy atom. The molecule has 8 nitrogen and oxygen atoms in total. The van der Waals surface area contributed by atoms with Crippen LogP contribution in [-0.2, 0) is 0 Å². The molecule has 0 aliphatic carbocycles. The third kappa shape index (κ3) is 2.66. The number of rotatable bonds is 3. The van der Waals surface area contributed by atoms with Gasteiger partial charge in [0.15, 0.2) is 10.9 Å². The van der Waals surface area contributed by atoms with Gasteiger partial charge in [0.25, 0.3) is 0 Å². The third-order valence-electron chi connectivity index (χ3n) is 4.96. The highest BCUT2D eigenvalue weighted by Gasteiger charge is 2.23. The van der Waals surface area contributed by atoms with E-state index in [0.717, 1.165) is 54.0 Å². The number of methoxy groups -OCH3 is 1. The maximum absolute atomic E-state index is 5.49. The summed E-state index contributed by atoms with van der Waals surface area (Å²) in [5.74, 6) is 1.72. The van der Waals surface area contributed by atoms with Crippen LogP contribution in [0.15, 0.2) is 30.9 Å². The molecule has 1 aliphatic heterocycles. The van der Waals surface area contributed by atoms with E-state index in [1.807, 2.05) is 16.7 Å². The molecular weight excluding hydrogens is 362 g/mol. The van der Waals surface area contributed by atoms with Crippen molar-refractivity contribution in [3.63, 3.8) is 0 Å². The normalized spacial score (nSPS) is 15.0. The van der Waals surface area contributed by atoms with Crippen molar-refractivity contribution in [3.05, 3.63) is 36.4 Å². The Hall–Kier alpha value is -2.94. The number of benzene rings is 1. The van der Waals surface area contributed by atoms with Crippen LogP contribution in [0.1, 0.15) is 5.56 Å². The number of nitrogens with zero attached hydrogens (tertiary/aromatic N) is 7. The molecular formula is C18H19N7OS. The number of fused-ring (bicyclic) bond motifs is 2. The van der Waals surface area contributed by atoms with Crippen molar-refractivity contribution in [3.8, 4) is 5.75 Å². The van der Waals surface area contributed by atoms with Gasteiger partial charge in [-0.2, -0.15) is 0 Å². The Morgan fingerprint density at radius 3 is 2.74 bits per heavy atom. The topological polar surface area (TPSA) is 71.7 Å². The summed E-state index contributed by atoms with van der Waals surface area (Å²) in [6, 6.07) is 4.08. The highest BCUT2D eigenvalue weighted by molar-refractivity contribution is 7.22. The predicted octanol–water partition coefficient (Wildman–Crippen LogP) is 2.38. The zero-order valence-electron chi connectivity index (χ0n) is 15.2. The number of ether oxygens (including phenoxy) is 1. The Balaban J connectivity index is 1.40. The fourth-order valence-corrected chi connectivity index (χ4v) is 4.58. The van der Waals surface area contributed by atoms with Gasteiger partial charge < -0.3 is 14.5 Å². The van der Waals surface area contributed by atoms with Gasteiger partial charge in [-0.05, 0) is 18.6 Å². The van der Waals surface area contributed by atoms with E-state index >= 15 is 0 Å². The van der Waals surface area contributed by atoms with E-state index < -0.39 is 0 Å². The lowest BCUT2D eigenvalue weighted by Gasteiger charge is -2.35. The van der Waals surface area contributed by atoms with Gasteiger partial charge in [0.2, 0.25) is 5.65 Å². The second-order valence-electron chi connectivity index (χ2n) is 6.55. The number of piperazine rings is 1. The van der Waals surface area contributed by atoms with Crippen molar-refractivity contribution in [2.24, 2.45) is 0 Å². The molecule has 0 atom stereocenters. The van der Waals surface area contributed by atoms with E-state index in [4.69, 9.17) is 9.72 Å². The summed E-state index contributed by atoms with van der Waals surface area (Å²) in [6.45, 7) is 5.62. The van der Waals surface area contributed by atoms with Gasteiger partial charge in [-0.1, -0.05) is 17.4 Å². The number of aromatic nitrogens is 5. The lowest BCUT2D eigenvalue weighted by Crippen LogP contribution is -2.47. The zero-order chi connectivity index (χ0) is 18.4. The highest BCUT2D eigenvalue weighted by atomic mass is 32.1. The van der Waals surface area contributed by atoms with E-state index in [2.05, 4.69) is 38.0 Å². The molecule has 138 valence electrons. The fraction of sp³-hybridized carbons (Fsp3) is 0.333. The molecule has 27 heavy (non-hydrogen) atoms. The van der Waals surface area contributed by atoms with Gasteiger partial charge >= 0.3 is 0 Å². The molecule has 4 heterocycles. The van der Waals surface area contributed by atoms with Gasteiger partial charge in [-0.25, -0.2) is 9.97 Å². The first-order valence-corrected chi connectivity index (χ1v) is 9.64. The molecule has 0 bridgehead atoms. The van der Waals surface area contributed by atoms with Crippen LogP contribution >= 0.6 is 11.3 Å². The second-order valence-corrected chi connectivity index (χ2v) is 7.52. The van der Waals surface area contributed by atoms with E-state index in [9.17, 15) is 0 Å². The first-order valence-electron chi connectivity index (χ1n) is 8.83. The maximum atomic E-state index is 5.49. The van der Waals surface area contributed by atoms with Crippen molar-refractivity contribution in [1.82, 2.24) is 24.6 Å². The molecule has 1 aromatic carbocycles. The van der Waals surface area contributed by atoms with Crippen LogP contribution in [0, 0.1) is 6.92 Å².